The highest BCUT2D eigenvalue weighted by atomic mass is 32.2. The molecular formula is C15H16NO3S-. The van der Waals surface area contributed by atoms with Gasteiger partial charge in [-0.15, -0.1) is 0 Å². The molecule has 0 aliphatic rings. The fourth-order valence-electron chi connectivity index (χ4n) is 2.16. The average molecular weight is 290 g/mol. The van der Waals surface area contributed by atoms with Gasteiger partial charge in [0, 0.05) is 12.1 Å². The summed E-state index contributed by atoms with van der Waals surface area (Å²) in [6, 6.07) is 9.37. The Morgan fingerprint density at radius 2 is 1.75 bits per heavy atom. The van der Waals surface area contributed by atoms with Crippen LogP contribution in [-0.2, 0) is 16.7 Å². The first-order valence-electron chi connectivity index (χ1n) is 6.27. The standard InChI is InChI=1S/C15H16NO3S/c1-10-4-5-11(2)14(8-10)9-13-7-6-12(3)16(17)15(13)20(18)19/h4-8H,9H2,1-3H3/q-1. The fourth-order valence-corrected chi connectivity index (χ4v) is 2.79. The van der Waals surface area contributed by atoms with Crippen LogP contribution in [0, 0.1) is 30.6 Å². The summed E-state index contributed by atoms with van der Waals surface area (Å²) in [7, 11) is -2.55. The fraction of sp³-hybridized carbons (Fsp3) is 0.267. The molecule has 0 fully saturated rings. The van der Waals surface area contributed by atoms with Gasteiger partial charge in [0.25, 0.3) is 0 Å². The maximum atomic E-state index is 11.9. The monoisotopic (exact) mass is 290 g/mol. The second-order valence-electron chi connectivity index (χ2n) is 4.94. The zero-order valence-corrected chi connectivity index (χ0v) is 12.5. The molecule has 2 rings (SSSR count). The van der Waals surface area contributed by atoms with Crippen molar-refractivity contribution in [3.8, 4) is 0 Å². The topological polar surface area (TPSA) is 62.1 Å². The Labute approximate surface area is 119 Å². The van der Waals surface area contributed by atoms with Crippen LogP contribution in [0.15, 0.2) is 30.3 Å². The molecule has 106 valence electrons. The lowest BCUT2D eigenvalue weighted by Crippen LogP contribution is -2.04. The van der Waals surface area contributed by atoms with E-state index in [0.29, 0.717) is 22.4 Å². The Bertz CT molecular complexity index is 825. The summed E-state index contributed by atoms with van der Waals surface area (Å²) in [6.07, 6.45) is 0.430. The van der Waals surface area contributed by atoms with E-state index in [1.54, 1.807) is 19.1 Å². The molecule has 0 bridgehead atoms. The van der Waals surface area contributed by atoms with Gasteiger partial charge in [-0.1, -0.05) is 29.8 Å². The first kappa shape index (κ1) is 14.4. The van der Waals surface area contributed by atoms with Crippen molar-refractivity contribution in [2.24, 2.45) is 0 Å². The number of hydrogen-bond donors (Lipinski definition) is 0. The van der Waals surface area contributed by atoms with Crippen molar-refractivity contribution in [3.05, 3.63) is 68.1 Å². The molecule has 0 unspecified atom stereocenters. The van der Waals surface area contributed by atoms with Crippen molar-refractivity contribution >= 4 is 10.3 Å². The lowest BCUT2D eigenvalue weighted by molar-refractivity contribution is 0.622. The van der Waals surface area contributed by atoms with Gasteiger partial charge in [0.05, 0.1) is 0 Å². The zero-order valence-electron chi connectivity index (χ0n) is 11.7. The molecule has 1 aromatic heterocycles. The van der Waals surface area contributed by atoms with Crippen molar-refractivity contribution in [1.82, 2.24) is 4.73 Å². The van der Waals surface area contributed by atoms with E-state index >= 15 is 0 Å². The van der Waals surface area contributed by atoms with Gasteiger partial charge in [0.15, 0.2) is 4.64 Å². The Morgan fingerprint density at radius 1 is 1.05 bits per heavy atom. The molecule has 0 saturated heterocycles. The molecule has 2 aromatic rings. The van der Waals surface area contributed by atoms with Gasteiger partial charge in [0.2, 0.25) is 10.3 Å². The Kier molecular flexibility index (Phi) is 3.99. The number of aryl methyl sites for hydroxylation is 3. The summed E-state index contributed by atoms with van der Waals surface area (Å²) in [4.78, 5) is 0. The molecule has 1 heterocycles. The largest absolute Gasteiger partial charge is 0.805 e. The number of benzene rings is 1. The second kappa shape index (κ2) is 5.54. The van der Waals surface area contributed by atoms with Gasteiger partial charge < -0.3 is 9.94 Å². The van der Waals surface area contributed by atoms with E-state index in [4.69, 9.17) is 0 Å². The highest BCUT2D eigenvalue weighted by Gasteiger charge is 2.05. The number of rotatable bonds is 2. The molecule has 0 N–H and O–H groups in total. The first-order chi connectivity index (χ1) is 9.40. The third-order valence-electron chi connectivity index (χ3n) is 3.35. The third-order valence-corrected chi connectivity index (χ3v) is 4.09. The van der Waals surface area contributed by atoms with Crippen LogP contribution in [0.1, 0.15) is 27.9 Å². The van der Waals surface area contributed by atoms with Crippen molar-refractivity contribution in [2.45, 2.75) is 27.2 Å². The minimum Gasteiger partial charge on any atom is -0.805 e. The van der Waals surface area contributed by atoms with Gasteiger partial charge in [0.1, 0.15) is 0 Å². The Morgan fingerprint density at radius 3 is 2.40 bits per heavy atom. The number of nitrogens with zero attached hydrogens (tertiary/aromatic N) is 1. The molecule has 0 saturated carbocycles. The average Bonchev–Trinajstić information content (AvgIpc) is 2.38. The molecular weight excluding hydrogens is 274 g/mol. The van der Waals surface area contributed by atoms with Gasteiger partial charge >= 0.3 is 0 Å². The van der Waals surface area contributed by atoms with E-state index in [2.05, 4.69) is 0 Å². The van der Waals surface area contributed by atoms with Crippen LogP contribution in [0.3, 0.4) is 0 Å². The normalized spacial score (nSPS) is 10.6. The van der Waals surface area contributed by atoms with Crippen molar-refractivity contribution in [2.75, 3.05) is 0 Å². The van der Waals surface area contributed by atoms with Gasteiger partial charge in [-0.05, 0) is 43.5 Å². The van der Waals surface area contributed by atoms with E-state index in [9.17, 15) is 13.6 Å². The quantitative estimate of drug-likeness (QED) is 0.799. The lowest BCUT2D eigenvalue weighted by atomic mass is 9.99. The summed E-state index contributed by atoms with van der Waals surface area (Å²) < 4.78 is 22.9. The molecule has 0 amide bonds. The van der Waals surface area contributed by atoms with Crippen LogP contribution in [0.5, 0.6) is 0 Å². The molecule has 0 spiro atoms. The molecule has 20 heavy (non-hydrogen) atoms. The summed E-state index contributed by atoms with van der Waals surface area (Å²) in [5.74, 6) is 0. The molecule has 0 aliphatic carbocycles. The number of hydrogen-bond acceptors (Lipinski definition) is 3. The van der Waals surface area contributed by atoms with Gasteiger partial charge in [-0.3, -0.25) is 0 Å². The Balaban J connectivity index is 2.65. The second-order valence-corrected chi connectivity index (χ2v) is 5.80. The van der Waals surface area contributed by atoms with Crippen LogP contribution in [0.2, 0.25) is 0 Å². The highest BCUT2D eigenvalue weighted by Crippen LogP contribution is 2.17. The molecule has 1 aromatic carbocycles. The van der Waals surface area contributed by atoms with Crippen LogP contribution in [-0.4, -0.2) is 13.1 Å². The third kappa shape index (κ3) is 2.77. The van der Waals surface area contributed by atoms with Crippen LogP contribution < -0.4 is 0 Å². The summed E-state index contributed by atoms with van der Waals surface area (Å²) in [6.45, 7) is 5.55. The summed E-state index contributed by atoms with van der Waals surface area (Å²) in [5, 5.41) is 11.9. The molecule has 0 radical (unpaired) electrons. The van der Waals surface area contributed by atoms with Crippen LogP contribution in [0.25, 0.3) is 0 Å². The van der Waals surface area contributed by atoms with Gasteiger partial charge in [-0.2, -0.15) is 8.42 Å². The van der Waals surface area contributed by atoms with E-state index in [1.165, 1.54) is 0 Å². The van der Waals surface area contributed by atoms with Crippen LogP contribution >= 0.6 is 0 Å². The van der Waals surface area contributed by atoms with E-state index < -0.39 is 10.3 Å². The molecule has 4 nitrogen and oxygen atoms in total. The van der Waals surface area contributed by atoms with Crippen molar-refractivity contribution in [1.29, 1.82) is 0 Å². The SMILES string of the molecule is Cc1ccc(C)c(Cc2ccc(C)n([O-])c2=S(=O)=O)c1. The summed E-state index contributed by atoms with van der Waals surface area (Å²) in [5.41, 5.74) is 4.11. The maximum Gasteiger partial charge on any atom is 0.238 e. The molecule has 0 aliphatic heterocycles. The van der Waals surface area contributed by atoms with E-state index in [-0.39, 0.29) is 4.64 Å². The summed E-state index contributed by atoms with van der Waals surface area (Å²) >= 11 is 0. The smallest absolute Gasteiger partial charge is 0.238 e. The molecule has 5 heteroatoms. The van der Waals surface area contributed by atoms with Gasteiger partial charge in [-0.25, -0.2) is 0 Å². The molecule has 0 atom stereocenters. The van der Waals surface area contributed by atoms with Crippen molar-refractivity contribution < 1.29 is 8.42 Å². The minimum absolute atomic E-state index is 0.189. The predicted octanol–water partition coefficient (Wildman–Crippen LogP) is 2.76. The van der Waals surface area contributed by atoms with E-state index in [0.717, 1.165) is 16.7 Å². The predicted molar refractivity (Wildman–Crippen MR) is 78.8 cm³/mol. The highest BCUT2D eigenvalue weighted by molar-refractivity contribution is 7.63. The Hall–Kier alpha value is -2.01. The lowest BCUT2D eigenvalue weighted by Gasteiger charge is -2.17. The minimum atomic E-state index is -2.55. The first-order valence-corrected chi connectivity index (χ1v) is 7.35. The van der Waals surface area contributed by atoms with Crippen molar-refractivity contribution in [3.63, 3.8) is 0 Å². The maximum absolute atomic E-state index is 11.9. The zero-order chi connectivity index (χ0) is 14.9. The van der Waals surface area contributed by atoms with Crippen LogP contribution in [0.4, 0.5) is 0 Å². The van der Waals surface area contributed by atoms with E-state index in [1.807, 2.05) is 32.0 Å². The number of aromatic nitrogens is 1. The number of pyridine rings is 1.